The van der Waals surface area contributed by atoms with Crippen LogP contribution in [-0.2, 0) is 6.42 Å². The van der Waals surface area contributed by atoms with Crippen LogP contribution < -0.4 is 10.6 Å². The van der Waals surface area contributed by atoms with Crippen LogP contribution in [0.25, 0.3) is 0 Å². The number of hydrogen-bond acceptors (Lipinski definition) is 3. The first-order chi connectivity index (χ1) is 11.0. The summed E-state index contributed by atoms with van der Waals surface area (Å²) in [5.74, 6) is 0.231. The van der Waals surface area contributed by atoms with E-state index in [1.165, 1.54) is 17.3 Å². The molecule has 1 unspecified atom stereocenters. The maximum Gasteiger partial charge on any atom is 0.250 e. The van der Waals surface area contributed by atoms with Gasteiger partial charge >= 0.3 is 0 Å². The average Bonchev–Trinajstić information content (AvgIpc) is 2.97. The summed E-state index contributed by atoms with van der Waals surface area (Å²) in [5.41, 5.74) is 8.20. The van der Waals surface area contributed by atoms with Gasteiger partial charge in [0.1, 0.15) is 5.82 Å². The smallest absolute Gasteiger partial charge is 0.250 e. The lowest BCUT2D eigenvalue weighted by molar-refractivity contribution is 0.1000. The minimum absolute atomic E-state index is 0.341. The predicted molar refractivity (Wildman–Crippen MR) is 93.0 cm³/mol. The molecule has 1 atom stereocenters. The Balaban J connectivity index is 1.81. The summed E-state index contributed by atoms with van der Waals surface area (Å²) < 4.78 is 0. The molecular weight excluding hydrogens is 310 g/mol. The van der Waals surface area contributed by atoms with Crippen LogP contribution in [0, 0.1) is 6.92 Å². The van der Waals surface area contributed by atoms with Crippen LogP contribution in [0.15, 0.2) is 36.5 Å². The van der Waals surface area contributed by atoms with Gasteiger partial charge in [0.05, 0.1) is 10.6 Å². The number of benzene rings is 1. The average molecular weight is 330 g/mol. The van der Waals surface area contributed by atoms with Crippen LogP contribution in [0.1, 0.15) is 34.3 Å². The highest BCUT2D eigenvalue weighted by atomic mass is 35.5. The summed E-state index contributed by atoms with van der Waals surface area (Å²) >= 11 is 6.33. The number of carbonyl (C=O) groups excluding carboxylic acids is 1. The number of carbonyl (C=O) groups is 1. The number of halogens is 1. The van der Waals surface area contributed by atoms with Crippen molar-refractivity contribution in [2.75, 3.05) is 11.4 Å². The third-order valence-electron chi connectivity index (χ3n) is 4.35. The maximum absolute atomic E-state index is 11.2. The minimum Gasteiger partial charge on any atom is -0.366 e. The highest BCUT2D eigenvalue weighted by molar-refractivity contribution is 6.33. The maximum atomic E-state index is 11.2. The van der Waals surface area contributed by atoms with Crippen molar-refractivity contribution < 1.29 is 4.79 Å². The lowest BCUT2D eigenvalue weighted by atomic mass is 10.0. The van der Waals surface area contributed by atoms with Gasteiger partial charge in [0, 0.05) is 18.8 Å². The Morgan fingerprint density at radius 3 is 2.78 bits per heavy atom. The Morgan fingerprint density at radius 2 is 2.13 bits per heavy atom. The zero-order chi connectivity index (χ0) is 16.4. The Kier molecular flexibility index (Phi) is 4.53. The topological polar surface area (TPSA) is 59.2 Å². The van der Waals surface area contributed by atoms with Gasteiger partial charge < -0.3 is 10.6 Å². The third kappa shape index (κ3) is 3.48. The van der Waals surface area contributed by atoms with E-state index in [2.05, 4.69) is 41.1 Å². The molecule has 0 radical (unpaired) electrons. The second-order valence-electron chi connectivity index (χ2n) is 6.07. The van der Waals surface area contributed by atoms with Gasteiger partial charge in [-0.05, 0) is 37.8 Å². The van der Waals surface area contributed by atoms with Gasteiger partial charge in [0.2, 0.25) is 5.91 Å². The lowest BCUT2D eigenvalue weighted by Gasteiger charge is -2.27. The van der Waals surface area contributed by atoms with Crippen molar-refractivity contribution in [1.29, 1.82) is 0 Å². The van der Waals surface area contributed by atoms with Crippen LogP contribution in [-0.4, -0.2) is 23.5 Å². The first kappa shape index (κ1) is 15.8. The third-order valence-corrected chi connectivity index (χ3v) is 4.63. The fourth-order valence-electron chi connectivity index (χ4n) is 3.10. The molecule has 0 saturated carbocycles. The minimum atomic E-state index is -0.511. The van der Waals surface area contributed by atoms with Crippen LogP contribution >= 0.6 is 11.6 Å². The predicted octanol–water partition coefficient (Wildman–Crippen LogP) is 3.35. The molecule has 1 aliphatic heterocycles. The van der Waals surface area contributed by atoms with Gasteiger partial charge in [-0.3, -0.25) is 4.79 Å². The summed E-state index contributed by atoms with van der Waals surface area (Å²) in [4.78, 5) is 17.9. The monoisotopic (exact) mass is 329 g/mol. The first-order valence-corrected chi connectivity index (χ1v) is 8.20. The molecule has 4 nitrogen and oxygen atoms in total. The molecule has 1 saturated heterocycles. The standard InChI is InChI=1S/C18H20ClN3O/c1-12-4-6-13(7-5-12)9-15-3-2-8-22(15)18-16(19)10-14(11-21-18)17(20)23/h4-7,10-11,15H,2-3,8-9H2,1H3,(H2,20,23). The molecule has 2 heterocycles. The summed E-state index contributed by atoms with van der Waals surface area (Å²) in [6, 6.07) is 10.6. The zero-order valence-electron chi connectivity index (χ0n) is 13.1. The van der Waals surface area contributed by atoms with Crippen molar-refractivity contribution in [3.8, 4) is 0 Å². The van der Waals surface area contributed by atoms with Crippen molar-refractivity contribution in [1.82, 2.24) is 4.98 Å². The van der Waals surface area contributed by atoms with Gasteiger partial charge in [0.25, 0.3) is 0 Å². The fourth-order valence-corrected chi connectivity index (χ4v) is 3.37. The van der Waals surface area contributed by atoms with Crippen molar-refractivity contribution in [2.24, 2.45) is 5.73 Å². The van der Waals surface area contributed by atoms with E-state index in [1.807, 2.05) is 0 Å². The molecule has 1 aromatic heterocycles. The molecule has 1 amide bonds. The molecule has 2 aromatic rings. The molecule has 0 aliphatic carbocycles. The summed E-state index contributed by atoms with van der Waals surface area (Å²) in [6.45, 7) is 3.02. The molecule has 1 fully saturated rings. The molecule has 2 N–H and O–H groups in total. The number of aryl methyl sites for hydroxylation is 1. The number of rotatable bonds is 4. The largest absolute Gasteiger partial charge is 0.366 e. The Hall–Kier alpha value is -2.07. The van der Waals surface area contributed by atoms with Crippen LogP contribution in [0.3, 0.4) is 0 Å². The van der Waals surface area contributed by atoms with Gasteiger partial charge in [-0.15, -0.1) is 0 Å². The van der Waals surface area contributed by atoms with Gasteiger partial charge in [-0.1, -0.05) is 41.4 Å². The van der Waals surface area contributed by atoms with Crippen molar-refractivity contribution in [3.63, 3.8) is 0 Å². The number of hydrogen-bond donors (Lipinski definition) is 1. The van der Waals surface area contributed by atoms with Crippen molar-refractivity contribution in [3.05, 3.63) is 58.2 Å². The molecule has 120 valence electrons. The van der Waals surface area contributed by atoms with E-state index in [9.17, 15) is 4.79 Å². The Labute approximate surface area is 141 Å². The lowest BCUT2D eigenvalue weighted by Crippen LogP contribution is -2.32. The number of anilines is 1. The van der Waals surface area contributed by atoms with E-state index >= 15 is 0 Å². The van der Waals surface area contributed by atoms with E-state index in [0.29, 0.717) is 16.6 Å². The second-order valence-corrected chi connectivity index (χ2v) is 6.48. The molecule has 5 heteroatoms. The Bertz CT molecular complexity index is 715. The second kappa shape index (κ2) is 6.59. The number of amides is 1. The van der Waals surface area contributed by atoms with Gasteiger partial charge in [-0.25, -0.2) is 4.98 Å². The van der Waals surface area contributed by atoms with Gasteiger partial charge in [-0.2, -0.15) is 0 Å². The van der Waals surface area contributed by atoms with Crippen LogP contribution in [0.2, 0.25) is 5.02 Å². The number of nitrogens with zero attached hydrogens (tertiary/aromatic N) is 2. The molecule has 23 heavy (non-hydrogen) atoms. The SMILES string of the molecule is Cc1ccc(CC2CCCN2c2ncc(C(N)=O)cc2Cl)cc1. The van der Waals surface area contributed by atoms with Crippen LogP contribution in [0.5, 0.6) is 0 Å². The van der Waals surface area contributed by atoms with Gasteiger partial charge in [0.15, 0.2) is 0 Å². The Morgan fingerprint density at radius 1 is 1.39 bits per heavy atom. The number of nitrogens with two attached hydrogens (primary N) is 1. The fraction of sp³-hybridized carbons (Fsp3) is 0.333. The molecular formula is C18H20ClN3O. The van der Waals surface area contributed by atoms with Crippen molar-refractivity contribution in [2.45, 2.75) is 32.2 Å². The summed E-state index contributed by atoms with van der Waals surface area (Å²) in [5, 5.41) is 0.483. The number of aromatic nitrogens is 1. The van der Waals surface area contributed by atoms with E-state index < -0.39 is 5.91 Å². The number of pyridine rings is 1. The van der Waals surface area contributed by atoms with E-state index in [1.54, 1.807) is 6.07 Å². The molecule has 0 bridgehead atoms. The first-order valence-electron chi connectivity index (χ1n) is 7.82. The molecule has 0 spiro atoms. The number of primary amides is 1. The highest BCUT2D eigenvalue weighted by Crippen LogP contribution is 2.31. The molecule has 1 aliphatic rings. The van der Waals surface area contributed by atoms with Crippen molar-refractivity contribution >= 4 is 23.3 Å². The highest BCUT2D eigenvalue weighted by Gasteiger charge is 2.27. The van der Waals surface area contributed by atoms with E-state index in [0.717, 1.165) is 31.6 Å². The normalized spacial score (nSPS) is 17.5. The molecule has 1 aromatic carbocycles. The van der Waals surface area contributed by atoms with E-state index in [-0.39, 0.29) is 0 Å². The molecule has 3 rings (SSSR count). The van der Waals surface area contributed by atoms with E-state index in [4.69, 9.17) is 17.3 Å². The zero-order valence-corrected chi connectivity index (χ0v) is 13.9. The summed E-state index contributed by atoms with van der Waals surface area (Å²) in [7, 11) is 0. The quantitative estimate of drug-likeness (QED) is 0.935. The van der Waals surface area contributed by atoms with Crippen LogP contribution in [0.4, 0.5) is 5.82 Å². The summed E-state index contributed by atoms with van der Waals surface area (Å²) in [6.07, 6.45) is 4.70.